The lowest BCUT2D eigenvalue weighted by molar-refractivity contribution is 0.0639. The summed E-state index contributed by atoms with van der Waals surface area (Å²) in [5.74, 6) is 0.408. The number of thioether (sulfide) groups is 1. The van der Waals surface area contributed by atoms with E-state index in [2.05, 4.69) is 10.2 Å². The molecule has 132 valence electrons. The lowest BCUT2D eigenvalue weighted by Crippen LogP contribution is -2.06. The van der Waals surface area contributed by atoms with Crippen LogP contribution >= 0.6 is 11.8 Å². The first-order chi connectivity index (χ1) is 12.0. The molecule has 4 nitrogen and oxygen atoms in total. The van der Waals surface area contributed by atoms with Crippen LogP contribution in [0.25, 0.3) is 0 Å². The highest BCUT2D eigenvalue weighted by Gasteiger charge is 2.04. The summed E-state index contributed by atoms with van der Waals surface area (Å²) in [4.78, 5) is 0. The van der Waals surface area contributed by atoms with Crippen molar-refractivity contribution in [3.63, 3.8) is 0 Å². The van der Waals surface area contributed by atoms with E-state index in [1.807, 2.05) is 44.2 Å². The first-order valence-corrected chi connectivity index (χ1v) is 8.96. The molecule has 0 aliphatic rings. The van der Waals surface area contributed by atoms with Crippen LogP contribution in [-0.4, -0.2) is 17.5 Å². The summed E-state index contributed by atoms with van der Waals surface area (Å²) >= 11 is 1.40. The molecule has 2 N–H and O–H groups in total. The van der Waals surface area contributed by atoms with E-state index < -0.39 is 0 Å². The molecule has 0 bridgehead atoms. The van der Waals surface area contributed by atoms with Crippen molar-refractivity contribution in [3.8, 4) is 0 Å². The lowest BCUT2D eigenvalue weighted by atomic mass is 10.1. The third-order valence-corrected chi connectivity index (χ3v) is 4.10. The molecule has 0 heterocycles. The number of hydrogen-bond donors (Lipinski definition) is 1. The summed E-state index contributed by atoms with van der Waals surface area (Å²) in [6.45, 7) is 4.08. The maximum Gasteiger partial charge on any atom is 0.180 e. The summed E-state index contributed by atoms with van der Waals surface area (Å²) in [5.41, 5.74) is 8.12. The Bertz CT molecular complexity index is 733. The van der Waals surface area contributed by atoms with Gasteiger partial charge in [-0.2, -0.15) is 5.10 Å². The Kier molecular flexibility index (Phi) is 7.63. The van der Waals surface area contributed by atoms with E-state index >= 15 is 0 Å². The molecule has 0 spiro atoms. The van der Waals surface area contributed by atoms with E-state index in [9.17, 15) is 4.39 Å². The number of ether oxygens (including phenoxy) is 1. The molecule has 2 rings (SSSR count). The second-order valence-electron chi connectivity index (χ2n) is 5.67. The Morgan fingerprint density at radius 2 is 2.00 bits per heavy atom. The van der Waals surface area contributed by atoms with Crippen LogP contribution in [0.3, 0.4) is 0 Å². The Morgan fingerprint density at radius 3 is 2.68 bits per heavy atom. The predicted octanol–water partition coefficient (Wildman–Crippen LogP) is 4.33. The van der Waals surface area contributed by atoms with Gasteiger partial charge < -0.3 is 10.5 Å². The normalized spacial score (nSPS) is 12.2. The zero-order valence-corrected chi connectivity index (χ0v) is 15.2. The van der Waals surface area contributed by atoms with Crippen molar-refractivity contribution >= 4 is 23.1 Å². The zero-order chi connectivity index (χ0) is 18.1. The van der Waals surface area contributed by atoms with Crippen LogP contribution in [0.15, 0.2) is 58.7 Å². The van der Waals surface area contributed by atoms with Crippen molar-refractivity contribution in [3.05, 3.63) is 71.0 Å². The second kappa shape index (κ2) is 9.96. The Labute approximate surface area is 152 Å². The summed E-state index contributed by atoms with van der Waals surface area (Å²) in [7, 11) is 0. The first-order valence-electron chi connectivity index (χ1n) is 7.98. The van der Waals surface area contributed by atoms with E-state index in [1.54, 1.807) is 12.1 Å². The van der Waals surface area contributed by atoms with Crippen LogP contribution < -0.4 is 5.73 Å². The van der Waals surface area contributed by atoms with E-state index in [0.717, 1.165) is 11.3 Å². The van der Waals surface area contributed by atoms with Gasteiger partial charge in [0.15, 0.2) is 5.17 Å². The van der Waals surface area contributed by atoms with Crippen LogP contribution in [0.5, 0.6) is 0 Å². The average Bonchev–Trinajstić information content (AvgIpc) is 2.60. The van der Waals surface area contributed by atoms with Gasteiger partial charge in [0, 0.05) is 11.3 Å². The van der Waals surface area contributed by atoms with E-state index in [-0.39, 0.29) is 18.5 Å². The molecule has 2 aromatic carbocycles. The van der Waals surface area contributed by atoms with Crippen LogP contribution in [0, 0.1) is 5.82 Å². The van der Waals surface area contributed by atoms with E-state index in [1.165, 1.54) is 24.0 Å². The molecule has 6 heteroatoms. The van der Waals surface area contributed by atoms with E-state index in [0.29, 0.717) is 16.3 Å². The predicted molar refractivity (Wildman–Crippen MR) is 103 cm³/mol. The molecular weight excluding hydrogens is 337 g/mol. The lowest BCUT2D eigenvalue weighted by Gasteiger charge is -2.08. The van der Waals surface area contributed by atoms with Crippen LogP contribution in [0.1, 0.15) is 30.5 Å². The molecule has 2 aromatic rings. The molecule has 25 heavy (non-hydrogen) atoms. The maximum atomic E-state index is 14.0. The van der Waals surface area contributed by atoms with Gasteiger partial charge in [0.2, 0.25) is 0 Å². The second-order valence-corrected chi connectivity index (χ2v) is 6.66. The van der Waals surface area contributed by atoms with Crippen molar-refractivity contribution in [2.45, 2.75) is 32.3 Å². The van der Waals surface area contributed by atoms with E-state index in [4.69, 9.17) is 10.5 Å². The highest BCUT2D eigenvalue weighted by Crippen LogP contribution is 2.13. The molecule has 0 aliphatic carbocycles. The van der Waals surface area contributed by atoms with Crippen LogP contribution in [-0.2, 0) is 17.1 Å². The summed E-state index contributed by atoms with van der Waals surface area (Å²) in [6.07, 6.45) is 1.54. The molecule has 0 unspecified atom stereocenters. The molecule has 0 fully saturated rings. The zero-order valence-electron chi connectivity index (χ0n) is 14.4. The molecule has 0 saturated carbocycles. The molecule has 0 atom stereocenters. The van der Waals surface area contributed by atoms with Gasteiger partial charge in [0.25, 0.3) is 0 Å². The highest BCUT2D eigenvalue weighted by molar-refractivity contribution is 8.13. The Balaban J connectivity index is 1.88. The number of nitrogens with zero attached hydrogens (tertiary/aromatic N) is 2. The van der Waals surface area contributed by atoms with Gasteiger partial charge in [-0.1, -0.05) is 54.2 Å². The van der Waals surface area contributed by atoms with Gasteiger partial charge in [-0.05, 0) is 31.0 Å². The first kappa shape index (κ1) is 19.1. The van der Waals surface area contributed by atoms with Gasteiger partial charge in [0.1, 0.15) is 5.82 Å². The molecule has 0 radical (unpaired) electrons. The number of rotatable bonds is 7. The van der Waals surface area contributed by atoms with Crippen molar-refractivity contribution < 1.29 is 9.13 Å². The highest BCUT2D eigenvalue weighted by atomic mass is 32.2. The summed E-state index contributed by atoms with van der Waals surface area (Å²) < 4.78 is 19.4. The largest absolute Gasteiger partial charge is 0.377 e. The van der Waals surface area contributed by atoms with Crippen molar-refractivity contribution in [1.82, 2.24) is 0 Å². The van der Waals surface area contributed by atoms with Gasteiger partial charge in [-0.25, -0.2) is 4.39 Å². The van der Waals surface area contributed by atoms with Crippen molar-refractivity contribution in [1.29, 1.82) is 0 Å². The Morgan fingerprint density at radius 1 is 1.24 bits per heavy atom. The minimum atomic E-state index is -0.319. The van der Waals surface area contributed by atoms with Gasteiger partial charge in [-0.15, -0.1) is 5.10 Å². The number of amidine groups is 1. The quantitative estimate of drug-likeness (QED) is 0.455. The van der Waals surface area contributed by atoms with Crippen LogP contribution in [0.2, 0.25) is 0 Å². The Hall–Kier alpha value is -2.18. The standard InChI is InChI=1S/C19H22FN3OS/c1-14(2)24-12-17-9-8-16(10-18(17)20)11-22-23-19(21)25-13-15-6-4-3-5-7-15/h3-11,14H,12-13H2,1-2H3,(H2,21,23). The molecule has 0 aromatic heterocycles. The molecule has 0 aliphatic heterocycles. The summed E-state index contributed by atoms with van der Waals surface area (Å²) in [6, 6.07) is 14.8. The third kappa shape index (κ3) is 7.07. The molecular formula is C19H22FN3OS. The minimum absolute atomic E-state index is 0.0614. The van der Waals surface area contributed by atoms with Gasteiger partial charge >= 0.3 is 0 Å². The number of hydrogen-bond acceptors (Lipinski definition) is 4. The topological polar surface area (TPSA) is 60.0 Å². The van der Waals surface area contributed by atoms with Crippen molar-refractivity contribution in [2.75, 3.05) is 0 Å². The van der Waals surface area contributed by atoms with Crippen LogP contribution in [0.4, 0.5) is 4.39 Å². The fourth-order valence-corrected chi connectivity index (χ4v) is 2.54. The maximum absolute atomic E-state index is 14.0. The average molecular weight is 359 g/mol. The van der Waals surface area contributed by atoms with Gasteiger partial charge in [-0.3, -0.25) is 0 Å². The third-order valence-electron chi connectivity index (χ3n) is 3.24. The summed E-state index contributed by atoms with van der Waals surface area (Å²) in [5, 5.41) is 8.21. The smallest absolute Gasteiger partial charge is 0.180 e. The fourth-order valence-electron chi connectivity index (χ4n) is 1.93. The fraction of sp³-hybridized carbons (Fsp3) is 0.263. The molecule has 0 saturated heterocycles. The number of halogens is 1. The molecule has 0 amide bonds. The van der Waals surface area contributed by atoms with Gasteiger partial charge in [0.05, 0.1) is 18.9 Å². The van der Waals surface area contributed by atoms with Crippen molar-refractivity contribution in [2.24, 2.45) is 15.9 Å². The monoisotopic (exact) mass is 359 g/mol. The SMILES string of the molecule is CC(C)OCc1ccc(C=NN=C(N)SCc2ccccc2)cc1F. The number of nitrogens with two attached hydrogens (primary N) is 1. The minimum Gasteiger partial charge on any atom is -0.377 e. The number of benzene rings is 2.